The fourth-order valence-corrected chi connectivity index (χ4v) is 0.972. The monoisotopic (exact) mass is 116 g/mol. The molecule has 0 spiro atoms. The normalized spacial score (nSPS) is 18.7. The smallest absolute Gasteiger partial charge is 0.0925 e. The van der Waals surface area contributed by atoms with Gasteiger partial charge in [0.15, 0.2) is 0 Å². The molecule has 0 saturated heterocycles. The molecule has 0 saturated carbocycles. The standard InChI is InChI=1S/C5H8OS/c1-7-5-2-3-6-4-5/h4H,2-3H2,1H3. The summed E-state index contributed by atoms with van der Waals surface area (Å²) in [6.07, 6.45) is 5.02. The first-order valence-electron chi connectivity index (χ1n) is 2.28. The molecule has 0 aromatic carbocycles. The molecule has 40 valence electrons. The average molecular weight is 116 g/mol. The third-order valence-corrected chi connectivity index (χ3v) is 1.77. The van der Waals surface area contributed by atoms with Crippen molar-refractivity contribution in [2.45, 2.75) is 6.42 Å². The van der Waals surface area contributed by atoms with E-state index in [1.54, 1.807) is 11.8 Å². The molecule has 1 rings (SSSR count). The maximum absolute atomic E-state index is 4.97. The van der Waals surface area contributed by atoms with Crippen LogP contribution in [0.2, 0.25) is 0 Å². The molecule has 0 aromatic rings. The van der Waals surface area contributed by atoms with Crippen molar-refractivity contribution in [3.63, 3.8) is 0 Å². The Hall–Kier alpha value is -0.110. The van der Waals surface area contributed by atoms with Gasteiger partial charge in [-0.1, -0.05) is 0 Å². The summed E-state index contributed by atoms with van der Waals surface area (Å²) in [6, 6.07) is 0. The van der Waals surface area contributed by atoms with Crippen LogP contribution in [0.3, 0.4) is 0 Å². The van der Waals surface area contributed by atoms with E-state index in [0.717, 1.165) is 13.0 Å². The van der Waals surface area contributed by atoms with Crippen molar-refractivity contribution in [2.75, 3.05) is 12.9 Å². The second-order valence-electron chi connectivity index (χ2n) is 1.41. The average Bonchev–Trinajstić information content (AvgIpc) is 2.14. The molecule has 7 heavy (non-hydrogen) atoms. The highest BCUT2D eigenvalue weighted by atomic mass is 32.2. The van der Waals surface area contributed by atoms with Crippen LogP contribution in [0.25, 0.3) is 0 Å². The zero-order valence-electron chi connectivity index (χ0n) is 4.31. The maximum Gasteiger partial charge on any atom is 0.0925 e. The van der Waals surface area contributed by atoms with Crippen molar-refractivity contribution in [3.05, 3.63) is 11.2 Å². The molecule has 1 nitrogen and oxygen atoms in total. The lowest BCUT2D eigenvalue weighted by molar-refractivity contribution is 0.281. The molecule has 0 unspecified atom stereocenters. The van der Waals surface area contributed by atoms with Crippen molar-refractivity contribution in [1.29, 1.82) is 0 Å². The largest absolute Gasteiger partial charge is 0.500 e. The molecule has 0 aliphatic carbocycles. The van der Waals surface area contributed by atoms with Gasteiger partial charge in [0.05, 0.1) is 12.9 Å². The summed E-state index contributed by atoms with van der Waals surface area (Å²) in [7, 11) is 0. The van der Waals surface area contributed by atoms with Gasteiger partial charge >= 0.3 is 0 Å². The topological polar surface area (TPSA) is 9.23 Å². The van der Waals surface area contributed by atoms with Crippen molar-refractivity contribution in [2.24, 2.45) is 0 Å². The van der Waals surface area contributed by atoms with Crippen LogP contribution in [0, 0.1) is 0 Å². The maximum atomic E-state index is 4.97. The van der Waals surface area contributed by atoms with Crippen LogP contribution in [-0.2, 0) is 4.74 Å². The fraction of sp³-hybridized carbons (Fsp3) is 0.600. The highest BCUT2D eigenvalue weighted by molar-refractivity contribution is 8.02. The van der Waals surface area contributed by atoms with E-state index in [-0.39, 0.29) is 0 Å². The minimum atomic E-state index is 0.885. The number of rotatable bonds is 1. The summed E-state index contributed by atoms with van der Waals surface area (Å²) in [5, 5.41) is 0. The summed E-state index contributed by atoms with van der Waals surface area (Å²) < 4.78 is 4.97. The second-order valence-corrected chi connectivity index (χ2v) is 2.34. The molecule has 0 bridgehead atoms. The van der Waals surface area contributed by atoms with Crippen LogP contribution in [0.15, 0.2) is 11.2 Å². The van der Waals surface area contributed by atoms with E-state index in [0.29, 0.717) is 0 Å². The summed E-state index contributed by atoms with van der Waals surface area (Å²) in [5.74, 6) is 0. The number of thioether (sulfide) groups is 1. The van der Waals surface area contributed by atoms with Gasteiger partial charge in [-0.3, -0.25) is 0 Å². The molecule has 0 amide bonds. The lowest BCUT2D eigenvalue weighted by Gasteiger charge is -1.84. The first-order valence-corrected chi connectivity index (χ1v) is 3.50. The van der Waals surface area contributed by atoms with Crippen LogP contribution < -0.4 is 0 Å². The van der Waals surface area contributed by atoms with Crippen LogP contribution in [0.5, 0.6) is 0 Å². The van der Waals surface area contributed by atoms with E-state index in [2.05, 4.69) is 6.26 Å². The van der Waals surface area contributed by atoms with E-state index in [4.69, 9.17) is 4.74 Å². The number of ether oxygens (including phenoxy) is 1. The van der Waals surface area contributed by atoms with Crippen LogP contribution >= 0.6 is 11.8 Å². The summed E-state index contributed by atoms with van der Waals surface area (Å²) in [4.78, 5) is 1.36. The van der Waals surface area contributed by atoms with Crippen LogP contribution in [0.4, 0.5) is 0 Å². The van der Waals surface area contributed by atoms with Gasteiger partial charge in [-0.05, 0) is 6.26 Å². The predicted octanol–water partition coefficient (Wildman–Crippen LogP) is 1.61. The van der Waals surface area contributed by atoms with E-state index < -0.39 is 0 Å². The first kappa shape index (κ1) is 5.04. The lowest BCUT2D eigenvalue weighted by atomic mass is 10.5. The Morgan fingerprint density at radius 2 is 2.71 bits per heavy atom. The number of hydrogen-bond acceptors (Lipinski definition) is 2. The molecule has 1 aliphatic heterocycles. The Bertz CT molecular complexity index is 88.1. The van der Waals surface area contributed by atoms with Gasteiger partial charge < -0.3 is 4.74 Å². The zero-order valence-corrected chi connectivity index (χ0v) is 5.12. The minimum Gasteiger partial charge on any atom is -0.500 e. The molecule has 0 radical (unpaired) electrons. The Labute approximate surface area is 47.7 Å². The van der Waals surface area contributed by atoms with E-state index in [9.17, 15) is 0 Å². The molecule has 1 heterocycles. The Kier molecular flexibility index (Phi) is 1.63. The van der Waals surface area contributed by atoms with Crippen molar-refractivity contribution in [1.82, 2.24) is 0 Å². The minimum absolute atomic E-state index is 0.885. The Morgan fingerprint density at radius 3 is 3.00 bits per heavy atom. The van der Waals surface area contributed by atoms with E-state index in [1.807, 2.05) is 6.26 Å². The van der Waals surface area contributed by atoms with Gasteiger partial charge in [0.2, 0.25) is 0 Å². The third-order valence-electron chi connectivity index (χ3n) is 0.943. The van der Waals surface area contributed by atoms with Crippen molar-refractivity contribution < 1.29 is 4.74 Å². The Morgan fingerprint density at radius 1 is 1.86 bits per heavy atom. The molecule has 0 fully saturated rings. The summed E-state index contributed by atoms with van der Waals surface area (Å²) in [5.41, 5.74) is 0. The van der Waals surface area contributed by atoms with Gasteiger partial charge in [-0.2, -0.15) is 0 Å². The molecular formula is C5H8OS. The SMILES string of the molecule is CSC1=COCC1. The van der Waals surface area contributed by atoms with Gasteiger partial charge in [-0.15, -0.1) is 11.8 Å². The van der Waals surface area contributed by atoms with E-state index >= 15 is 0 Å². The Balaban J connectivity index is 2.36. The van der Waals surface area contributed by atoms with Crippen molar-refractivity contribution in [3.8, 4) is 0 Å². The summed E-state index contributed by atoms with van der Waals surface area (Å²) >= 11 is 1.77. The van der Waals surface area contributed by atoms with Gasteiger partial charge in [-0.25, -0.2) is 0 Å². The molecular weight excluding hydrogens is 108 g/mol. The van der Waals surface area contributed by atoms with Crippen LogP contribution in [-0.4, -0.2) is 12.9 Å². The second kappa shape index (κ2) is 2.26. The van der Waals surface area contributed by atoms with E-state index in [1.165, 1.54) is 4.91 Å². The lowest BCUT2D eigenvalue weighted by Crippen LogP contribution is -1.73. The molecule has 0 N–H and O–H groups in total. The van der Waals surface area contributed by atoms with Gasteiger partial charge in [0.1, 0.15) is 0 Å². The zero-order chi connectivity index (χ0) is 5.11. The molecule has 0 aromatic heterocycles. The van der Waals surface area contributed by atoms with Crippen molar-refractivity contribution >= 4 is 11.8 Å². The predicted molar refractivity (Wildman–Crippen MR) is 32.2 cm³/mol. The van der Waals surface area contributed by atoms with Gasteiger partial charge in [0, 0.05) is 11.3 Å². The fourth-order valence-electron chi connectivity index (χ4n) is 0.520. The first-order chi connectivity index (χ1) is 3.43. The van der Waals surface area contributed by atoms with Gasteiger partial charge in [0.25, 0.3) is 0 Å². The molecule has 2 heteroatoms. The molecule has 0 atom stereocenters. The molecule has 1 aliphatic rings. The third kappa shape index (κ3) is 1.13. The summed E-state index contributed by atoms with van der Waals surface area (Å²) in [6.45, 7) is 0.885. The highest BCUT2D eigenvalue weighted by Crippen LogP contribution is 2.20. The highest BCUT2D eigenvalue weighted by Gasteiger charge is 2.00. The quantitative estimate of drug-likeness (QED) is 0.514. The van der Waals surface area contributed by atoms with Crippen LogP contribution in [0.1, 0.15) is 6.42 Å². The number of hydrogen-bond donors (Lipinski definition) is 0.